The van der Waals surface area contributed by atoms with Crippen LogP contribution in [0.4, 0.5) is 0 Å². The van der Waals surface area contributed by atoms with Gasteiger partial charge in [-0.2, -0.15) is 10.4 Å². The molecule has 0 saturated heterocycles. The Bertz CT molecular complexity index is 1500. The van der Waals surface area contributed by atoms with Gasteiger partial charge < -0.3 is 9.47 Å². The summed E-state index contributed by atoms with van der Waals surface area (Å²) in [5.41, 5.74) is 3.30. The number of aromatic nitrogens is 2. The minimum atomic E-state index is -0.590. The first-order valence-corrected chi connectivity index (χ1v) is 13.6. The van der Waals surface area contributed by atoms with Crippen LogP contribution in [-0.2, 0) is 14.3 Å². The number of nitrogens with zero attached hydrogens (tertiary/aromatic N) is 4. The number of imide groups is 1. The fourth-order valence-electron chi connectivity index (χ4n) is 4.36. The number of benzene rings is 2. The first kappa shape index (κ1) is 28.8. The Kier molecular flexibility index (Phi) is 9.54. The second kappa shape index (κ2) is 13.2. The summed E-state index contributed by atoms with van der Waals surface area (Å²) in [6, 6.07) is 17.0. The first-order valence-electron chi connectivity index (χ1n) is 13.2. The van der Waals surface area contributed by atoms with Gasteiger partial charge in [0.25, 0.3) is 11.8 Å². The van der Waals surface area contributed by atoms with Crippen LogP contribution in [0.1, 0.15) is 39.2 Å². The molecule has 1 aliphatic heterocycles. The van der Waals surface area contributed by atoms with Gasteiger partial charge in [0, 0.05) is 42.7 Å². The van der Waals surface area contributed by atoms with Crippen LogP contribution in [0.5, 0.6) is 5.75 Å². The average Bonchev–Trinajstić information content (AvgIpc) is 3.39. The average molecular weight is 559 g/mol. The molecule has 206 valence electrons. The number of carbonyl (C=O) groups is 2. The van der Waals surface area contributed by atoms with E-state index in [2.05, 4.69) is 0 Å². The lowest BCUT2D eigenvalue weighted by Gasteiger charge is -2.27. The van der Waals surface area contributed by atoms with Crippen LogP contribution < -0.4 is 4.74 Å². The summed E-state index contributed by atoms with van der Waals surface area (Å²) >= 11 is 6.55. The second-order valence-corrected chi connectivity index (χ2v) is 9.60. The van der Waals surface area contributed by atoms with Crippen LogP contribution >= 0.6 is 11.6 Å². The molecule has 2 amide bonds. The third kappa shape index (κ3) is 6.17. The van der Waals surface area contributed by atoms with Gasteiger partial charge in [-0.15, -0.1) is 0 Å². The molecule has 0 unspecified atom stereocenters. The Labute approximate surface area is 239 Å². The lowest BCUT2D eigenvalue weighted by atomic mass is 9.93. The fourth-order valence-corrected chi connectivity index (χ4v) is 4.60. The van der Waals surface area contributed by atoms with Crippen LogP contribution in [0.2, 0.25) is 5.02 Å². The highest BCUT2D eigenvalue weighted by Crippen LogP contribution is 2.34. The van der Waals surface area contributed by atoms with Crippen molar-refractivity contribution in [3.8, 4) is 28.8 Å². The monoisotopic (exact) mass is 558 g/mol. The van der Waals surface area contributed by atoms with Crippen LogP contribution in [0, 0.1) is 11.3 Å². The van der Waals surface area contributed by atoms with Crippen molar-refractivity contribution in [2.75, 3.05) is 26.4 Å². The molecule has 1 aliphatic rings. The van der Waals surface area contributed by atoms with Gasteiger partial charge in [-0.05, 0) is 68.7 Å². The van der Waals surface area contributed by atoms with Crippen molar-refractivity contribution in [2.24, 2.45) is 0 Å². The Morgan fingerprint density at radius 3 is 2.52 bits per heavy atom. The van der Waals surface area contributed by atoms with Crippen molar-refractivity contribution in [1.82, 2.24) is 14.7 Å². The molecule has 0 N–H and O–H groups in total. The van der Waals surface area contributed by atoms with Gasteiger partial charge in [-0.25, -0.2) is 4.68 Å². The zero-order chi connectivity index (χ0) is 28.6. The van der Waals surface area contributed by atoms with Gasteiger partial charge >= 0.3 is 0 Å². The third-order valence-electron chi connectivity index (χ3n) is 6.43. The molecule has 9 heteroatoms. The number of nitriles is 1. The largest absolute Gasteiger partial charge is 0.492 e. The maximum Gasteiger partial charge on any atom is 0.271 e. The lowest BCUT2D eigenvalue weighted by molar-refractivity contribution is -0.140. The third-order valence-corrected chi connectivity index (χ3v) is 6.73. The van der Waals surface area contributed by atoms with Gasteiger partial charge in [0.05, 0.1) is 17.3 Å². The summed E-state index contributed by atoms with van der Waals surface area (Å²) in [6.07, 6.45) is 4.83. The van der Waals surface area contributed by atoms with Crippen molar-refractivity contribution >= 4 is 29.5 Å². The molecule has 1 aromatic heterocycles. The van der Waals surface area contributed by atoms with E-state index < -0.39 is 11.8 Å². The summed E-state index contributed by atoms with van der Waals surface area (Å²) in [6.45, 7) is 7.17. The van der Waals surface area contributed by atoms with E-state index in [0.29, 0.717) is 53.8 Å². The number of halogens is 1. The zero-order valence-electron chi connectivity index (χ0n) is 22.8. The fraction of sp³-hybridized carbons (Fsp3) is 0.290. The molecule has 2 heterocycles. The number of hydrogen-bond donors (Lipinski definition) is 0. The van der Waals surface area contributed by atoms with Gasteiger partial charge in [0.1, 0.15) is 23.1 Å². The Balaban J connectivity index is 1.82. The maximum atomic E-state index is 13.6. The zero-order valence-corrected chi connectivity index (χ0v) is 23.6. The molecular formula is C31H31ClN4O4. The molecule has 0 spiro atoms. The number of carbonyl (C=O) groups excluding carboxylic acids is 2. The maximum absolute atomic E-state index is 13.6. The molecule has 0 saturated carbocycles. The number of hydrogen-bond acceptors (Lipinski definition) is 6. The highest BCUT2D eigenvalue weighted by atomic mass is 35.5. The van der Waals surface area contributed by atoms with Crippen molar-refractivity contribution in [2.45, 2.75) is 33.6 Å². The predicted octanol–water partition coefficient (Wildman–Crippen LogP) is 6.00. The summed E-state index contributed by atoms with van der Waals surface area (Å²) in [4.78, 5) is 27.7. The summed E-state index contributed by atoms with van der Waals surface area (Å²) in [7, 11) is 0. The lowest BCUT2D eigenvalue weighted by Crippen LogP contribution is -2.43. The van der Waals surface area contributed by atoms with E-state index >= 15 is 0 Å². The molecule has 8 nitrogen and oxygen atoms in total. The molecule has 0 atom stereocenters. The van der Waals surface area contributed by atoms with Crippen molar-refractivity contribution in [3.05, 3.63) is 82.0 Å². The number of ether oxygens (including phenoxy) is 2. The van der Waals surface area contributed by atoms with Crippen molar-refractivity contribution in [3.63, 3.8) is 0 Å². The van der Waals surface area contributed by atoms with Crippen molar-refractivity contribution in [1.29, 1.82) is 5.26 Å². The van der Waals surface area contributed by atoms with Crippen LogP contribution in [0.15, 0.2) is 71.4 Å². The molecule has 2 aromatic carbocycles. The van der Waals surface area contributed by atoms with E-state index in [4.69, 9.17) is 26.2 Å². The van der Waals surface area contributed by atoms with Gasteiger partial charge in [0.2, 0.25) is 0 Å². The highest BCUT2D eigenvalue weighted by Gasteiger charge is 2.35. The number of rotatable bonds is 11. The van der Waals surface area contributed by atoms with Gasteiger partial charge in [-0.1, -0.05) is 36.7 Å². The number of amides is 2. The van der Waals surface area contributed by atoms with E-state index in [-0.39, 0.29) is 17.7 Å². The standard InChI is InChI=1S/C31H31ClN4O4/c1-4-15-40-28-13-12-22(18-27(28)32)29-23(20-36(34-29)24-10-7-6-8-11-24)17-25-21(3)26(19-33)31(38)35(30(25)37)14-9-16-39-5-2/h6-8,10-13,17-18,20H,4-5,9,14-16H2,1-3H3/b25-17+. The minimum Gasteiger partial charge on any atom is -0.492 e. The normalized spacial score (nSPS) is 14.7. The summed E-state index contributed by atoms with van der Waals surface area (Å²) in [5.74, 6) is -0.471. The predicted molar refractivity (Wildman–Crippen MR) is 154 cm³/mol. The van der Waals surface area contributed by atoms with Crippen LogP contribution in [-0.4, -0.2) is 52.9 Å². The van der Waals surface area contributed by atoms with Gasteiger partial charge in [-0.3, -0.25) is 14.5 Å². The summed E-state index contributed by atoms with van der Waals surface area (Å²) in [5, 5.41) is 15.0. The minimum absolute atomic E-state index is 0.0558. The molecule has 4 rings (SSSR count). The van der Waals surface area contributed by atoms with Gasteiger partial charge in [0.15, 0.2) is 0 Å². The molecule has 0 aliphatic carbocycles. The Morgan fingerprint density at radius 1 is 1.07 bits per heavy atom. The summed E-state index contributed by atoms with van der Waals surface area (Å²) < 4.78 is 12.8. The van der Waals surface area contributed by atoms with E-state index in [1.165, 1.54) is 0 Å². The second-order valence-electron chi connectivity index (χ2n) is 9.19. The Morgan fingerprint density at radius 2 is 1.85 bits per heavy atom. The number of para-hydroxylation sites is 1. The van der Waals surface area contributed by atoms with E-state index in [1.54, 1.807) is 29.8 Å². The molecule has 0 radical (unpaired) electrons. The van der Waals surface area contributed by atoms with E-state index in [1.807, 2.05) is 62.5 Å². The van der Waals surface area contributed by atoms with E-state index in [0.717, 1.165) is 22.6 Å². The topological polar surface area (TPSA) is 97.4 Å². The van der Waals surface area contributed by atoms with Crippen molar-refractivity contribution < 1.29 is 19.1 Å². The van der Waals surface area contributed by atoms with E-state index in [9.17, 15) is 14.9 Å². The Hall–Kier alpha value is -4.19. The molecule has 40 heavy (non-hydrogen) atoms. The molecular weight excluding hydrogens is 528 g/mol. The first-order chi connectivity index (χ1) is 19.4. The molecule has 0 bridgehead atoms. The smallest absolute Gasteiger partial charge is 0.271 e. The van der Waals surface area contributed by atoms with Crippen LogP contribution in [0.25, 0.3) is 23.0 Å². The highest BCUT2D eigenvalue weighted by molar-refractivity contribution is 6.32. The molecule has 3 aromatic rings. The van der Waals surface area contributed by atoms with Crippen LogP contribution in [0.3, 0.4) is 0 Å². The SMILES string of the molecule is CCCOc1ccc(-c2nn(-c3ccccc3)cc2/C=C2/C(=O)N(CCCOCC)C(=O)C(C#N)=C2C)cc1Cl. The molecule has 0 fully saturated rings. The quantitative estimate of drug-likeness (QED) is 0.163.